The zero-order valence-electron chi connectivity index (χ0n) is 12.9. The summed E-state index contributed by atoms with van der Waals surface area (Å²) in [7, 11) is -4.23. The maximum absolute atomic E-state index is 10.2. The minimum Gasteiger partial charge on any atom is -0.264 e. The zero-order valence-corrected chi connectivity index (χ0v) is 14.7. The van der Waals surface area contributed by atoms with E-state index in [9.17, 15) is 8.42 Å². The van der Waals surface area contributed by atoms with Crippen molar-refractivity contribution in [3.05, 3.63) is 0 Å². The number of unbranched alkanes of at least 4 members (excludes halogenated alkanes) is 9. The minimum absolute atomic E-state index is 0. The molecule has 0 fully saturated rings. The van der Waals surface area contributed by atoms with Gasteiger partial charge < -0.3 is 0 Å². The molecule has 6 heteroatoms. The van der Waals surface area contributed by atoms with Crippen molar-refractivity contribution in [1.29, 1.82) is 0 Å². The Morgan fingerprint density at radius 1 is 0.889 bits per heavy atom. The Morgan fingerprint density at radius 3 is 1.67 bits per heavy atom. The third kappa shape index (κ3) is 19.2. The van der Waals surface area contributed by atoms with E-state index in [2.05, 4.69) is 11.1 Å². The van der Waals surface area contributed by atoms with E-state index < -0.39 is 10.4 Å². The molecule has 0 saturated carbocycles. The molecule has 18 heavy (non-hydrogen) atoms. The van der Waals surface area contributed by atoms with E-state index in [4.69, 9.17) is 4.55 Å². The van der Waals surface area contributed by atoms with Crippen LogP contribution in [0.2, 0.25) is 0 Å². The second-order valence-electron chi connectivity index (χ2n) is 4.43. The molecular weight excluding hydrogens is 263 g/mol. The average molecular weight is 290 g/mol. The molecule has 1 N–H and O–H groups in total. The Kier molecular flexibility index (Phi) is 16.8. The molecule has 0 unspecified atom stereocenters. The van der Waals surface area contributed by atoms with Crippen LogP contribution in [0.3, 0.4) is 0 Å². The van der Waals surface area contributed by atoms with Gasteiger partial charge in [0.05, 0.1) is 6.61 Å². The number of hydrogen-bond acceptors (Lipinski definition) is 3. The Bertz CT molecular complexity index is 260. The summed E-state index contributed by atoms with van der Waals surface area (Å²) in [6, 6.07) is 0. The fraction of sp³-hybridized carbons (Fsp3) is 1.00. The molecule has 0 amide bonds. The van der Waals surface area contributed by atoms with E-state index in [1.807, 2.05) is 0 Å². The van der Waals surface area contributed by atoms with E-state index in [0.29, 0.717) is 6.42 Å². The van der Waals surface area contributed by atoms with Crippen molar-refractivity contribution < 1.29 is 48.1 Å². The topological polar surface area (TPSA) is 63.6 Å². The standard InChI is InChI=1S/C12H26O4S.Na/c1-2-3-4-5-6-7-8-9-10-11-12-16-17(13,14)15;/h2-12H2,1H3,(H,13,14,15);/q;+1/p+1. The second kappa shape index (κ2) is 14.3. The SMILES string of the molecule is CCCCCCCCCCCCOS(=O)(=O)O.[H+].[Na+]. The summed E-state index contributed by atoms with van der Waals surface area (Å²) in [6.07, 6.45) is 11.9. The Labute approximate surface area is 136 Å². The molecular formula is C12H27NaO4S+2. The Balaban J connectivity index is -0.00000128. The predicted octanol–water partition coefficient (Wildman–Crippen LogP) is 0.843. The quantitative estimate of drug-likeness (QED) is 0.329. The van der Waals surface area contributed by atoms with Gasteiger partial charge in [-0.3, -0.25) is 4.55 Å². The van der Waals surface area contributed by atoms with Gasteiger partial charge >= 0.3 is 41.4 Å². The van der Waals surface area contributed by atoms with Crippen molar-refractivity contribution in [2.45, 2.75) is 71.1 Å². The summed E-state index contributed by atoms with van der Waals surface area (Å²) in [5, 5.41) is 0. The third-order valence-electron chi connectivity index (χ3n) is 2.73. The molecule has 0 bridgehead atoms. The van der Waals surface area contributed by atoms with Crippen molar-refractivity contribution >= 4 is 10.4 Å². The molecule has 0 rings (SSSR count). The van der Waals surface area contributed by atoms with Crippen LogP contribution >= 0.6 is 0 Å². The van der Waals surface area contributed by atoms with E-state index in [1.54, 1.807) is 0 Å². The normalized spacial score (nSPS) is 11.2. The molecule has 0 saturated heterocycles. The Hall–Kier alpha value is 0.870. The van der Waals surface area contributed by atoms with Gasteiger partial charge in [-0.2, -0.15) is 8.42 Å². The second-order valence-corrected chi connectivity index (χ2v) is 5.52. The summed E-state index contributed by atoms with van der Waals surface area (Å²) in [4.78, 5) is 0. The Morgan fingerprint density at radius 2 is 1.28 bits per heavy atom. The molecule has 4 nitrogen and oxygen atoms in total. The van der Waals surface area contributed by atoms with E-state index >= 15 is 0 Å². The van der Waals surface area contributed by atoms with Crippen LogP contribution in [0.15, 0.2) is 0 Å². The maximum Gasteiger partial charge on any atom is 1.00 e. The maximum atomic E-state index is 10.2. The van der Waals surface area contributed by atoms with Gasteiger partial charge in [0.15, 0.2) is 0 Å². The summed E-state index contributed by atoms with van der Waals surface area (Å²) in [5.74, 6) is 0. The van der Waals surface area contributed by atoms with Gasteiger partial charge in [-0.05, 0) is 6.42 Å². The fourth-order valence-electron chi connectivity index (χ4n) is 1.75. The van der Waals surface area contributed by atoms with Gasteiger partial charge in [0.2, 0.25) is 0 Å². The molecule has 0 heterocycles. The summed E-state index contributed by atoms with van der Waals surface area (Å²) < 4.78 is 33.0. The first-order valence-corrected chi connectivity index (χ1v) is 8.04. The molecule has 0 aliphatic heterocycles. The molecule has 0 radical (unpaired) electrons. The molecule has 104 valence electrons. The van der Waals surface area contributed by atoms with Gasteiger partial charge in [0.25, 0.3) is 0 Å². The van der Waals surface area contributed by atoms with Gasteiger partial charge in [-0.1, -0.05) is 64.7 Å². The van der Waals surface area contributed by atoms with Crippen LogP contribution in [0.5, 0.6) is 0 Å². The molecule has 0 aliphatic carbocycles. The largest absolute Gasteiger partial charge is 1.00 e. The van der Waals surface area contributed by atoms with Crippen molar-refractivity contribution in [3.8, 4) is 0 Å². The number of hydrogen-bond donors (Lipinski definition) is 1. The van der Waals surface area contributed by atoms with Gasteiger partial charge in [0, 0.05) is 0 Å². The van der Waals surface area contributed by atoms with Crippen LogP contribution in [-0.2, 0) is 14.6 Å². The van der Waals surface area contributed by atoms with Gasteiger partial charge in [-0.15, -0.1) is 0 Å². The minimum atomic E-state index is -4.23. The van der Waals surface area contributed by atoms with Gasteiger partial charge in [-0.25, -0.2) is 4.18 Å². The molecule has 0 aliphatic rings. The number of rotatable bonds is 12. The van der Waals surface area contributed by atoms with Crippen molar-refractivity contribution in [2.75, 3.05) is 6.61 Å². The van der Waals surface area contributed by atoms with Crippen molar-refractivity contribution in [1.82, 2.24) is 0 Å². The average Bonchev–Trinajstić information content (AvgIpc) is 2.24. The molecule has 0 aromatic rings. The van der Waals surface area contributed by atoms with Crippen LogP contribution in [0.1, 0.15) is 72.6 Å². The molecule has 0 aromatic carbocycles. The van der Waals surface area contributed by atoms with Crippen LogP contribution < -0.4 is 29.6 Å². The molecule has 0 aromatic heterocycles. The summed E-state index contributed by atoms with van der Waals surface area (Å²) in [6.45, 7) is 2.31. The first kappa shape index (κ1) is 21.2. The first-order chi connectivity index (χ1) is 8.06. The van der Waals surface area contributed by atoms with E-state index in [1.165, 1.54) is 44.9 Å². The monoisotopic (exact) mass is 290 g/mol. The molecule has 0 spiro atoms. The predicted molar refractivity (Wildman–Crippen MR) is 70.5 cm³/mol. The van der Waals surface area contributed by atoms with E-state index in [0.717, 1.165) is 12.8 Å². The zero-order chi connectivity index (χ0) is 13.0. The van der Waals surface area contributed by atoms with Crippen LogP contribution in [-0.4, -0.2) is 19.6 Å². The third-order valence-corrected chi connectivity index (χ3v) is 3.19. The van der Waals surface area contributed by atoms with Crippen LogP contribution in [0.4, 0.5) is 0 Å². The first-order valence-electron chi connectivity index (χ1n) is 6.68. The van der Waals surface area contributed by atoms with Crippen LogP contribution in [0, 0.1) is 0 Å². The van der Waals surface area contributed by atoms with Crippen molar-refractivity contribution in [2.24, 2.45) is 0 Å². The smallest absolute Gasteiger partial charge is 0.264 e. The van der Waals surface area contributed by atoms with Crippen molar-refractivity contribution in [3.63, 3.8) is 0 Å². The molecule has 0 atom stereocenters. The van der Waals surface area contributed by atoms with Crippen LogP contribution in [0.25, 0.3) is 0 Å². The van der Waals surface area contributed by atoms with Gasteiger partial charge in [0.1, 0.15) is 0 Å². The summed E-state index contributed by atoms with van der Waals surface area (Å²) in [5.41, 5.74) is 0. The van der Waals surface area contributed by atoms with E-state index in [-0.39, 0.29) is 37.6 Å². The summed E-state index contributed by atoms with van der Waals surface area (Å²) >= 11 is 0. The fourth-order valence-corrected chi connectivity index (χ4v) is 2.08.